The van der Waals surface area contributed by atoms with Crippen LogP contribution in [0.4, 0.5) is 17.1 Å². The zero-order chi connectivity index (χ0) is 15.2. The van der Waals surface area contributed by atoms with E-state index in [4.69, 9.17) is 0 Å². The number of non-ortho nitro benzene ring substituents is 1. The molecule has 2 aromatic rings. The molecule has 1 aromatic carbocycles. The van der Waals surface area contributed by atoms with Crippen LogP contribution in [0.3, 0.4) is 0 Å². The molecule has 0 amide bonds. The Bertz CT molecular complexity index is 660. The summed E-state index contributed by atoms with van der Waals surface area (Å²) in [5.41, 5.74) is 0.696. The molecular formula is C13H12N4O4. The van der Waals surface area contributed by atoms with Crippen LogP contribution < -0.4 is 5.32 Å². The number of benzene rings is 1. The monoisotopic (exact) mass is 288 g/mol. The van der Waals surface area contributed by atoms with Gasteiger partial charge in [0.2, 0.25) is 0 Å². The van der Waals surface area contributed by atoms with E-state index in [9.17, 15) is 20.2 Å². The minimum absolute atomic E-state index is 0.264. The molecule has 2 rings (SSSR count). The fourth-order valence-corrected chi connectivity index (χ4v) is 1.83. The highest BCUT2D eigenvalue weighted by Gasteiger charge is 2.18. The second kappa shape index (κ2) is 6.42. The molecule has 0 radical (unpaired) electrons. The smallest absolute Gasteiger partial charge is 0.299 e. The molecule has 0 atom stereocenters. The van der Waals surface area contributed by atoms with Crippen LogP contribution in [0.15, 0.2) is 42.7 Å². The van der Waals surface area contributed by atoms with E-state index < -0.39 is 9.85 Å². The van der Waals surface area contributed by atoms with Gasteiger partial charge in [0.05, 0.1) is 15.9 Å². The number of nitro benzene ring substituents is 2. The van der Waals surface area contributed by atoms with E-state index >= 15 is 0 Å². The van der Waals surface area contributed by atoms with Crippen molar-refractivity contribution in [3.8, 4) is 0 Å². The summed E-state index contributed by atoms with van der Waals surface area (Å²) < 4.78 is 0. The maximum Gasteiger partial charge on any atom is 0.299 e. The summed E-state index contributed by atoms with van der Waals surface area (Å²) in [7, 11) is 0. The Kier molecular flexibility index (Phi) is 4.39. The molecule has 0 unspecified atom stereocenters. The minimum atomic E-state index is -0.659. The molecular weight excluding hydrogens is 276 g/mol. The average Bonchev–Trinajstić information content (AvgIpc) is 2.48. The highest BCUT2D eigenvalue weighted by Crippen LogP contribution is 2.28. The number of hydrogen-bond acceptors (Lipinski definition) is 6. The summed E-state index contributed by atoms with van der Waals surface area (Å²) in [5, 5.41) is 24.5. The molecule has 0 aliphatic rings. The lowest BCUT2D eigenvalue weighted by atomic mass is 10.2. The van der Waals surface area contributed by atoms with Gasteiger partial charge in [-0.25, -0.2) is 0 Å². The maximum absolute atomic E-state index is 11.0. The fraction of sp³-hybridized carbons (Fsp3) is 0.154. The van der Waals surface area contributed by atoms with Crippen LogP contribution >= 0.6 is 0 Å². The van der Waals surface area contributed by atoms with Gasteiger partial charge in [-0.05, 0) is 30.2 Å². The molecule has 21 heavy (non-hydrogen) atoms. The van der Waals surface area contributed by atoms with Gasteiger partial charge in [0.1, 0.15) is 5.69 Å². The van der Waals surface area contributed by atoms with Crippen molar-refractivity contribution in [2.24, 2.45) is 0 Å². The van der Waals surface area contributed by atoms with Crippen molar-refractivity contribution in [3.63, 3.8) is 0 Å². The molecule has 0 saturated carbocycles. The van der Waals surface area contributed by atoms with Crippen molar-refractivity contribution >= 4 is 17.1 Å². The highest BCUT2D eigenvalue weighted by atomic mass is 16.6. The largest absolute Gasteiger partial charge is 0.379 e. The van der Waals surface area contributed by atoms with Crippen LogP contribution in [0.5, 0.6) is 0 Å². The third kappa shape index (κ3) is 3.72. The molecule has 8 nitrogen and oxygen atoms in total. The SMILES string of the molecule is O=[N+]([O-])c1ccc(NCCc2ccncc2)c([N+](=O)[O-])c1. The number of anilines is 1. The van der Waals surface area contributed by atoms with Gasteiger partial charge in [-0.3, -0.25) is 25.2 Å². The third-order valence-corrected chi connectivity index (χ3v) is 2.87. The van der Waals surface area contributed by atoms with Gasteiger partial charge < -0.3 is 5.32 Å². The molecule has 0 spiro atoms. The predicted octanol–water partition coefficient (Wildman–Crippen LogP) is 2.55. The summed E-state index contributed by atoms with van der Waals surface area (Å²) >= 11 is 0. The maximum atomic E-state index is 11.0. The molecule has 1 N–H and O–H groups in total. The van der Waals surface area contributed by atoms with Crippen molar-refractivity contribution < 1.29 is 9.85 Å². The van der Waals surface area contributed by atoms with Gasteiger partial charge in [0.25, 0.3) is 11.4 Å². The summed E-state index contributed by atoms with van der Waals surface area (Å²) in [5.74, 6) is 0. The molecule has 0 aliphatic heterocycles. The van der Waals surface area contributed by atoms with Gasteiger partial charge in [-0.2, -0.15) is 0 Å². The Morgan fingerprint density at radius 3 is 2.38 bits per heavy atom. The molecule has 0 fully saturated rings. The first-order valence-electron chi connectivity index (χ1n) is 6.13. The zero-order valence-corrected chi connectivity index (χ0v) is 10.9. The number of pyridine rings is 1. The van der Waals surface area contributed by atoms with E-state index in [1.807, 2.05) is 12.1 Å². The van der Waals surface area contributed by atoms with Crippen molar-refractivity contribution in [1.82, 2.24) is 4.98 Å². The number of nitro groups is 2. The lowest BCUT2D eigenvalue weighted by molar-refractivity contribution is -0.393. The standard InChI is InChI=1S/C13H12N4O4/c18-16(19)11-1-2-12(13(9-11)17(20)21)15-8-5-10-3-6-14-7-4-10/h1-4,6-7,9,15H,5,8H2. The van der Waals surface area contributed by atoms with E-state index in [1.165, 1.54) is 12.1 Å². The molecule has 0 bridgehead atoms. The first kappa shape index (κ1) is 14.4. The van der Waals surface area contributed by atoms with Crippen molar-refractivity contribution in [2.75, 3.05) is 11.9 Å². The Balaban J connectivity index is 2.09. The third-order valence-electron chi connectivity index (χ3n) is 2.87. The minimum Gasteiger partial charge on any atom is -0.379 e. The van der Waals surface area contributed by atoms with Crippen molar-refractivity contribution in [1.29, 1.82) is 0 Å². The first-order chi connectivity index (χ1) is 10.1. The average molecular weight is 288 g/mol. The number of aromatic nitrogens is 1. The number of nitrogens with zero attached hydrogens (tertiary/aromatic N) is 3. The van der Waals surface area contributed by atoms with Gasteiger partial charge in [0.15, 0.2) is 0 Å². The molecule has 108 valence electrons. The quantitative estimate of drug-likeness (QED) is 0.645. The Morgan fingerprint density at radius 2 is 1.76 bits per heavy atom. The van der Waals surface area contributed by atoms with Crippen LogP contribution in [-0.4, -0.2) is 21.4 Å². The zero-order valence-electron chi connectivity index (χ0n) is 10.9. The molecule has 0 aliphatic carbocycles. The van der Waals surface area contributed by atoms with E-state index in [1.54, 1.807) is 12.4 Å². The van der Waals surface area contributed by atoms with Crippen LogP contribution in [0.1, 0.15) is 5.56 Å². The Morgan fingerprint density at radius 1 is 1.05 bits per heavy atom. The van der Waals surface area contributed by atoms with Crippen LogP contribution in [0.2, 0.25) is 0 Å². The van der Waals surface area contributed by atoms with Gasteiger partial charge in [-0.1, -0.05) is 0 Å². The lowest BCUT2D eigenvalue weighted by Crippen LogP contribution is -2.07. The van der Waals surface area contributed by atoms with Crippen LogP contribution in [-0.2, 0) is 6.42 Å². The Hall–Kier alpha value is -3.03. The predicted molar refractivity (Wildman–Crippen MR) is 76.2 cm³/mol. The lowest BCUT2D eigenvalue weighted by Gasteiger charge is -2.07. The van der Waals surface area contributed by atoms with Gasteiger partial charge in [0, 0.05) is 25.0 Å². The second-order valence-corrected chi connectivity index (χ2v) is 4.25. The molecule has 8 heteroatoms. The van der Waals surface area contributed by atoms with Gasteiger partial charge in [-0.15, -0.1) is 0 Å². The van der Waals surface area contributed by atoms with Crippen molar-refractivity contribution in [3.05, 3.63) is 68.5 Å². The normalized spacial score (nSPS) is 10.1. The van der Waals surface area contributed by atoms with Gasteiger partial charge >= 0.3 is 0 Å². The first-order valence-corrected chi connectivity index (χ1v) is 6.13. The molecule has 1 heterocycles. The Labute approximate surface area is 119 Å². The number of hydrogen-bond donors (Lipinski definition) is 1. The summed E-state index contributed by atoms with van der Waals surface area (Å²) in [4.78, 5) is 24.2. The van der Waals surface area contributed by atoms with E-state index in [0.717, 1.165) is 11.6 Å². The summed E-state index contributed by atoms with van der Waals surface area (Å²) in [6.45, 7) is 0.475. The topological polar surface area (TPSA) is 111 Å². The second-order valence-electron chi connectivity index (χ2n) is 4.25. The van der Waals surface area contributed by atoms with Crippen molar-refractivity contribution in [2.45, 2.75) is 6.42 Å². The fourth-order valence-electron chi connectivity index (χ4n) is 1.83. The molecule has 0 saturated heterocycles. The van der Waals surface area contributed by atoms with Crippen LogP contribution in [0, 0.1) is 20.2 Å². The van der Waals surface area contributed by atoms with E-state index in [0.29, 0.717) is 13.0 Å². The number of nitrogens with one attached hydrogen (secondary N) is 1. The molecule has 1 aromatic heterocycles. The summed E-state index contributed by atoms with van der Waals surface area (Å²) in [6.07, 6.45) is 4.00. The highest BCUT2D eigenvalue weighted by molar-refractivity contribution is 5.65. The van der Waals surface area contributed by atoms with E-state index in [-0.39, 0.29) is 17.1 Å². The number of rotatable bonds is 6. The summed E-state index contributed by atoms with van der Waals surface area (Å²) in [6, 6.07) is 7.25. The van der Waals surface area contributed by atoms with Crippen LogP contribution in [0.25, 0.3) is 0 Å². The van der Waals surface area contributed by atoms with E-state index in [2.05, 4.69) is 10.3 Å².